The largest absolute Gasteiger partial charge is 0.343 e. The lowest BCUT2D eigenvalue weighted by atomic mass is 9.90. The van der Waals surface area contributed by atoms with E-state index in [0.717, 1.165) is 33.6 Å². The Bertz CT molecular complexity index is 1060. The molecule has 2 aromatic carbocycles. The summed E-state index contributed by atoms with van der Waals surface area (Å²) in [5, 5.41) is 3.06. The fourth-order valence-electron chi connectivity index (χ4n) is 3.56. The second kappa shape index (κ2) is 8.59. The van der Waals surface area contributed by atoms with E-state index in [1.165, 1.54) is 12.1 Å². The highest BCUT2D eigenvalue weighted by atomic mass is 19.1. The van der Waals surface area contributed by atoms with Gasteiger partial charge in [-0.15, -0.1) is 6.42 Å². The van der Waals surface area contributed by atoms with Gasteiger partial charge in [0.15, 0.2) is 0 Å². The lowest BCUT2D eigenvalue weighted by molar-refractivity contribution is -0.117. The molecule has 0 spiro atoms. The molecule has 1 aliphatic rings. The van der Waals surface area contributed by atoms with Crippen LogP contribution in [-0.2, 0) is 11.3 Å². The first-order valence-corrected chi connectivity index (χ1v) is 9.98. The first kappa shape index (κ1) is 21.4. The first-order chi connectivity index (χ1) is 14.2. The number of amides is 1. The number of carbonyl (C=O) groups is 1. The van der Waals surface area contributed by atoms with Gasteiger partial charge in [-0.05, 0) is 68.7 Å². The van der Waals surface area contributed by atoms with Crippen LogP contribution in [0.2, 0.25) is 0 Å². The normalized spacial score (nSPS) is 12.9. The van der Waals surface area contributed by atoms with Crippen LogP contribution in [0.4, 0.5) is 15.8 Å². The molecule has 3 rings (SSSR count). The van der Waals surface area contributed by atoms with Crippen LogP contribution < -0.4 is 10.2 Å². The summed E-state index contributed by atoms with van der Waals surface area (Å²) in [6, 6.07) is 8.62. The summed E-state index contributed by atoms with van der Waals surface area (Å²) >= 11 is 0. The number of allylic oxidation sites excluding steroid dienone is 2. The standard InChI is InChI=1S/C26H27FN2O/c1-6-26(4,5)16-24(30)28-25-18(2)15-23-22(19(25)3)9-7-8-14-29(23)17-20-10-12-21(27)13-11-20/h1,7-15H,16-17H2,2-5H3,(H,28,30). The van der Waals surface area contributed by atoms with Crippen LogP contribution in [0, 0.1) is 37.4 Å². The van der Waals surface area contributed by atoms with Crippen LogP contribution in [0.15, 0.2) is 48.7 Å². The number of rotatable bonds is 5. The lowest BCUT2D eigenvalue weighted by Gasteiger charge is -2.26. The Kier molecular flexibility index (Phi) is 6.12. The maximum atomic E-state index is 13.3. The second-order valence-corrected chi connectivity index (χ2v) is 8.33. The third-order valence-corrected chi connectivity index (χ3v) is 5.28. The Labute approximate surface area is 178 Å². The maximum Gasteiger partial charge on any atom is 0.225 e. The molecule has 154 valence electrons. The predicted octanol–water partition coefficient (Wildman–Crippen LogP) is 5.98. The van der Waals surface area contributed by atoms with Gasteiger partial charge in [0.1, 0.15) is 5.82 Å². The fraction of sp³-hybridized carbons (Fsp3) is 0.269. The van der Waals surface area contributed by atoms with Gasteiger partial charge < -0.3 is 10.2 Å². The van der Waals surface area contributed by atoms with E-state index < -0.39 is 5.41 Å². The van der Waals surface area contributed by atoms with Crippen LogP contribution in [0.1, 0.15) is 42.5 Å². The van der Waals surface area contributed by atoms with E-state index in [0.29, 0.717) is 6.54 Å². The molecule has 30 heavy (non-hydrogen) atoms. The van der Waals surface area contributed by atoms with Crippen molar-refractivity contribution in [1.29, 1.82) is 0 Å². The molecule has 2 aromatic rings. The van der Waals surface area contributed by atoms with Crippen molar-refractivity contribution in [2.75, 3.05) is 10.2 Å². The summed E-state index contributed by atoms with van der Waals surface area (Å²) in [4.78, 5) is 14.7. The number of carbonyl (C=O) groups excluding carboxylic acids is 1. The van der Waals surface area contributed by atoms with Gasteiger partial charge in [-0.1, -0.05) is 30.2 Å². The minimum atomic E-state index is -0.493. The topological polar surface area (TPSA) is 32.3 Å². The number of nitrogens with one attached hydrogen (secondary N) is 1. The third kappa shape index (κ3) is 4.80. The molecule has 0 aromatic heterocycles. The Morgan fingerprint density at radius 3 is 2.57 bits per heavy atom. The summed E-state index contributed by atoms with van der Waals surface area (Å²) in [5.74, 6) is 2.33. The van der Waals surface area contributed by atoms with Gasteiger partial charge in [0.05, 0.1) is 0 Å². The van der Waals surface area contributed by atoms with E-state index in [-0.39, 0.29) is 18.1 Å². The molecule has 0 unspecified atom stereocenters. The van der Waals surface area contributed by atoms with E-state index in [4.69, 9.17) is 6.42 Å². The van der Waals surface area contributed by atoms with Crippen LogP contribution in [-0.4, -0.2) is 5.91 Å². The molecule has 3 nitrogen and oxygen atoms in total. The minimum absolute atomic E-state index is 0.0944. The van der Waals surface area contributed by atoms with E-state index in [9.17, 15) is 9.18 Å². The number of terminal acetylenes is 1. The summed E-state index contributed by atoms with van der Waals surface area (Å²) < 4.78 is 13.3. The molecule has 0 saturated carbocycles. The molecule has 0 atom stereocenters. The van der Waals surface area contributed by atoms with Gasteiger partial charge >= 0.3 is 0 Å². The van der Waals surface area contributed by atoms with Gasteiger partial charge in [-0.2, -0.15) is 0 Å². The zero-order valence-electron chi connectivity index (χ0n) is 17.9. The quantitative estimate of drug-likeness (QED) is 0.624. The third-order valence-electron chi connectivity index (χ3n) is 5.28. The zero-order chi connectivity index (χ0) is 21.9. The highest BCUT2D eigenvalue weighted by molar-refractivity contribution is 5.95. The molecule has 1 amide bonds. The highest BCUT2D eigenvalue weighted by Gasteiger charge is 2.22. The van der Waals surface area contributed by atoms with Crippen molar-refractivity contribution >= 4 is 23.4 Å². The maximum absolute atomic E-state index is 13.3. The van der Waals surface area contributed by atoms with E-state index >= 15 is 0 Å². The SMILES string of the molecule is C#CC(C)(C)CC(=O)Nc1c(C)cc2c(c1C)C=CC=CN2Cc1ccc(F)cc1. The number of fused-ring (bicyclic) bond motifs is 1. The molecular formula is C26H27FN2O. The summed E-state index contributed by atoms with van der Waals surface area (Å²) in [5.41, 5.74) is 5.40. The monoisotopic (exact) mass is 402 g/mol. The average Bonchev–Trinajstić information content (AvgIpc) is 2.89. The zero-order valence-corrected chi connectivity index (χ0v) is 17.9. The van der Waals surface area contributed by atoms with Crippen LogP contribution >= 0.6 is 0 Å². The molecule has 4 heteroatoms. The van der Waals surface area contributed by atoms with Gasteiger partial charge in [0.25, 0.3) is 0 Å². The fourth-order valence-corrected chi connectivity index (χ4v) is 3.56. The summed E-state index contributed by atoms with van der Waals surface area (Å²) in [6.07, 6.45) is 13.8. The number of benzene rings is 2. The molecular weight excluding hydrogens is 375 g/mol. The van der Waals surface area contributed by atoms with Crippen molar-refractivity contribution in [1.82, 2.24) is 0 Å². The van der Waals surface area contributed by atoms with Crippen molar-refractivity contribution in [2.24, 2.45) is 5.41 Å². The molecule has 0 aliphatic carbocycles. The van der Waals surface area contributed by atoms with Crippen molar-refractivity contribution in [2.45, 2.75) is 40.7 Å². The predicted molar refractivity (Wildman–Crippen MR) is 123 cm³/mol. The summed E-state index contributed by atoms with van der Waals surface area (Å²) in [6.45, 7) is 8.38. The number of nitrogens with zero attached hydrogens (tertiary/aromatic N) is 1. The number of anilines is 2. The number of hydrogen-bond donors (Lipinski definition) is 1. The van der Waals surface area contributed by atoms with Crippen molar-refractivity contribution in [3.63, 3.8) is 0 Å². The molecule has 0 fully saturated rings. The Morgan fingerprint density at radius 1 is 1.20 bits per heavy atom. The smallest absolute Gasteiger partial charge is 0.225 e. The molecule has 0 saturated heterocycles. The number of halogens is 1. The Hall–Kier alpha value is -3.32. The van der Waals surface area contributed by atoms with Crippen LogP contribution in [0.25, 0.3) is 6.08 Å². The van der Waals surface area contributed by atoms with E-state index in [2.05, 4.69) is 22.2 Å². The Morgan fingerprint density at radius 2 is 1.90 bits per heavy atom. The average molecular weight is 403 g/mol. The van der Waals surface area contributed by atoms with E-state index in [1.807, 2.05) is 52.1 Å². The van der Waals surface area contributed by atoms with Crippen LogP contribution in [0.5, 0.6) is 0 Å². The van der Waals surface area contributed by atoms with Crippen LogP contribution in [0.3, 0.4) is 0 Å². The van der Waals surface area contributed by atoms with Crippen molar-refractivity contribution in [3.8, 4) is 12.3 Å². The first-order valence-electron chi connectivity index (χ1n) is 9.98. The molecule has 0 radical (unpaired) electrons. The van der Waals surface area contributed by atoms with Gasteiger partial charge in [0, 0.05) is 41.5 Å². The molecule has 1 heterocycles. The van der Waals surface area contributed by atoms with Gasteiger partial charge in [0.2, 0.25) is 5.91 Å². The van der Waals surface area contributed by atoms with Gasteiger partial charge in [-0.25, -0.2) is 4.39 Å². The van der Waals surface area contributed by atoms with Crippen molar-refractivity contribution < 1.29 is 9.18 Å². The van der Waals surface area contributed by atoms with Gasteiger partial charge in [-0.3, -0.25) is 4.79 Å². The minimum Gasteiger partial charge on any atom is -0.343 e. The molecule has 1 aliphatic heterocycles. The lowest BCUT2D eigenvalue weighted by Crippen LogP contribution is -2.22. The summed E-state index contributed by atoms with van der Waals surface area (Å²) in [7, 11) is 0. The molecule has 1 N–H and O–H groups in total. The van der Waals surface area contributed by atoms with Crippen molar-refractivity contribution in [3.05, 3.63) is 76.8 Å². The second-order valence-electron chi connectivity index (χ2n) is 8.33. The Balaban J connectivity index is 1.93. The highest BCUT2D eigenvalue weighted by Crippen LogP contribution is 2.36. The molecule has 0 bridgehead atoms. The van der Waals surface area contributed by atoms with E-state index in [1.54, 1.807) is 12.1 Å². The number of aryl methyl sites for hydroxylation is 1. The number of hydrogen-bond acceptors (Lipinski definition) is 2.